The van der Waals surface area contributed by atoms with Gasteiger partial charge in [-0.1, -0.05) is 13.8 Å². The van der Waals surface area contributed by atoms with Crippen molar-refractivity contribution in [2.45, 2.75) is 44.8 Å². The van der Waals surface area contributed by atoms with Gasteiger partial charge in [0.05, 0.1) is 12.9 Å². The number of rotatable bonds is 7. The molecule has 0 aromatic carbocycles. The fourth-order valence-electron chi connectivity index (χ4n) is 1.66. The molecule has 1 aromatic heterocycles. The number of sulfonamides is 1. The Hall–Kier alpha value is -0.920. The van der Waals surface area contributed by atoms with Crippen molar-refractivity contribution >= 4 is 10.0 Å². The van der Waals surface area contributed by atoms with E-state index in [2.05, 4.69) is 9.71 Å². The van der Waals surface area contributed by atoms with E-state index in [0.717, 1.165) is 0 Å². The number of aromatic nitrogens is 2. The second kappa shape index (κ2) is 6.31. The number of nitrogens with one attached hydrogen (secondary N) is 1. The van der Waals surface area contributed by atoms with Crippen LogP contribution in [0.25, 0.3) is 0 Å². The minimum atomic E-state index is -3.65. The molecular formula is C11H21N3O3S. The maximum atomic E-state index is 12.0. The zero-order valence-corrected chi connectivity index (χ0v) is 11.8. The Balaban J connectivity index is 2.80. The highest BCUT2D eigenvalue weighted by Crippen LogP contribution is 2.10. The third-order valence-corrected chi connectivity index (χ3v) is 3.95. The van der Waals surface area contributed by atoms with Gasteiger partial charge in [0.25, 0.3) is 10.0 Å². The van der Waals surface area contributed by atoms with Crippen molar-refractivity contribution in [3.8, 4) is 0 Å². The van der Waals surface area contributed by atoms with E-state index in [4.69, 9.17) is 0 Å². The first-order chi connectivity index (χ1) is 8.39. The summed E-state index contributed by atoms with van der Waals surface area (Å²) in [6.45, 7) is 6.30. The molecule has 1 unspecified atom stereocenters. The summed E-state index contributed by atoms with van der Waals surface area (Å²) in [7, 11) is -3.65. The van der Waals surface area contributed by atoms with Crippen LogP contribution in [0.15, 0.2) is 17.6 Å². The molecule has 1 aromatic rings. The Morgan fingerprint density at radius 1 is 1.50 bits per heavy atom. The normalized spacial score (nSPS) is 14.1. The van der Waals surface area contributed by atoms with Gasteiger partial charge < -0.3 is 9.67 Å². The van der Waals surface area contributed by atoms with E-state index in [1.54, 1.807) is 4.57 Å². The number of hydrogen-bond donors (Lipinski definition) is 2. The van der Waals surface area contributed by atoms with Gasteiger partial charge in [-0.25, -0.2) is 18.1 Å². The van der Waals surface area contributed by atoms with E-state index < -0.39 is 16.1 Å². The summed E-state index contributed by atoms with van der Waals surface area (Å²) >= 11 is 0. The Labute approximate surface area is 108 Å². The van der Waals surface area contributed by atoms with Gasteiger partial charge in [0, 0.05) is 18.8 Å². The van der Waals surface area contributed by atoms with Crippen LogP contribution in [0.5, 0.6) is 0 Å². The van der Waals surface area contributed by atoms with E-state index in [9.17, 15) is 13.5 Å². The highest BCUT2D eigenvalue weighted by Gasteiger charge is 2.22. The van der Waals surface area contributed by atoms with Crippen LogP contribution in [0, 0.1) is 5.92 Å². The van der Waals surface area contributed by atoms with Gasteiger partial charge in [-0.05, 0) is 19.3 Å². The number of hydrogen-bond acceptors (Lipinski definition) is 4. The Morgan fingerprint density at radius 3 is 2.61 bits per heavy atom. The van der Waals surface area contributed by atoms with E-state index in [1.165, 1.54) is 12.5 Å². The predicted octanol–water partition coefficient (Wildman–Crippen LogP) is 0.588. The lowest BCUT2D eigenvalue weighted by molar-refractivity contribution is 0.240. The Morgan fingerprint density at radius 2 is 2.17 bits per heavy atom. The Bertz CT molecular complexity index is 468. The minimum Gasteiger partial charge on any atom is -0.395 e. The fraction of sp³-hybridized carbons (Fsp3) is 0.727. The molecule has 1 rings (SSSR count). The molecule has 0 spiro atoms. The summed E-state index contributed by atoms with van der Waals surface area (Å²) in [5.41, 5.74) is 0. The van der Waals surface area contributed by atoms with Gasteiger partial charge in [0.1, 0.15) is 0 Å². The molecule has 0 saturated carbocycles. The average Bonchev–Trinajstić information content (AvgIpc) is 2.76. The quantitative estimate of drug-likeness (QED) is 0.762. The monoisotopic (exact) mass is 275 g/mol. The molecule has 0 radical (unpaired) electrons. The number of aliphatic hydroxyl groups is 1. The maximum Gasteiger partial charge on any atom is 0.259 e. The van der Waals surface area contributed by atoms with Crippen LogP contribution >= 0.6 is 0 Å². The van der Waals surface area contributed by atoms with Gasteiger partial charge >= 0.3 is 0 Å². The molecule has 0 aliphatic heterocycles. The van der Waals surface area contributed by atoms with Crippen molar-refractivity contribution in [2.75, 3.05) is 6.61 Å². The smallest absolute Gasteiger partial charge is 0.259 e. The highest BCUT2D eigenvalue weighted by atomic mass is 32.2. The van der Waals surface area contributed by atoms with Gasteiger partial charge in [-0.3, -0.25) is 0 Å². The van der Waals surface area contributed by atoms with Crippen LogP contribution in [-0.2, 0) is 16.6 Å². The molecule has 1 atom stereocenters. The van der Waals surface area contributed by atoms with Crippen LogP contribution in [0.1, 0.15) is 27.2 Å². The van der Waals surface area contributed by atoms with Crippen LogP contribution < -0.4 is 4.72 Å². The molecule has 104 valence electrons. The molecule has 2 N–H and O–H groups in total. The standard InChI is InChI=1S/C11H21N3O3S/c1-4-14-6-11(12-8-14)18(16,17)13-10(7-15)5-9(2)3/h6,8-10,13,15H,4-5,7H2,1-3H3. The molecule has 0 fully saturated rings. The molecule has 18 heavy (non-hydrogen) atoms. The van der Waals surface area contributed by atoms with Crippen molar-refractivity contribution < 1.29 is 13.5 Å². The lowest BCUT2D eigenvalue weighted by atomic mass is 10.1. The molecular weight excluding hydrogens is 254 g/mol. The van der Waals surface area contributed by atoms with Crippen molar-refractivity contribution in [1.29, 1.82) is 0 Å². The zero-order chi connectivity index (χ0) is 13.8. The maximum absolute atomic E-state index is 12.0. The van der Waals surface area contributed by atoms with Crippen molar-refractivity contribution in [3.05, 3.63) is 12.5 Å². The molecule has 0 bridgehead atoms. The number of imidazole rings is 1. The summed E-state index contributed by atoms with van der Waals surface area (Å²) in [4.78, 5) is 3.86. The van der Waals surface area contributed by atoms with Crippen LogP contribution in [0.4, 0.5) is 0 Å². The van der Waals surface area contributed by atoms with Crippen LogP contribution in [0.2, 0.25) is 0 Å². The molecule has 1 heterocycles. The Kier molecular flexibility index (Phi) is 5.30. The lowest BCUT2D eigenvalue weighted by Crippen LogP contribution is -2.38. The predicted molar refractivity (Wildman–Crippen MR) is 68.6 cm³/mol. The first-order valence-corrected chi connectivity index (χ1v) is 7.52. The van der Waals surface area contributed by atoms with Gasteiger partial charge in [0.2, 0.25) is 0 Å². The first-order valence-electron chi connectivity index (χ1n) is 6.04. The summed E-state index contributed by atoms with van der Waals surface area (Å²) < 4.78 is 28.2. The van der Waals surface area contributed by atoms with Gasteiger partial charge in [0.15, 0.2) is 5.03 Å². The third kappa shape index (κ3) is 4.08. The van der Waals surface area contributed by atoms with Crippen molar-refractivity contribution in [2.24, 2.45) is 5.92 Å². The van der Waals surface area contributed by atoms with E-state index >= 15 is 0 Å². The molecule has 6 nitrogen and oxygen atoms in total. The molecule has 0 aliphatic rings. The van der Waals surface area contributed by atoms with Crippen molar-refractivity contribution in [1.82, 2.24) is 14.3 Å². The van der Waals surface area contributed by atoms with E-state index in [1.807, 2.05) is 20.8 Å². The van der Waals surface area contributed by atoms with Crippen molar-refractivity contribution in [3.63, 3.8) is 0 Å². The fourth-order valence-corrected chi connectivity index (χ4v) is 2.85. The summed E-state index contributed by atoms with van der Waals surface area (Å²) in [6, 6.07) is -0.471. The van der Waals surface area contributed by atoms with E-state index in [0.29, 0.717) is 18.9 Å². The van der Waals surface area contributed by atoms with Gasteiger partial charge in [-0.15, -0.1) is 0 Å². The van der Waals surface area contributed by atoms with Crippen LogP contribution in [-0.4, -0.2) is 35.7 Å². The SMILES string of the molecule is CCn1cnc(S(=O)(=O)NC(CO)CC(C)C)c1. The third-order valence-electron chi connectivity index (χ3n) is 2.55. The number of nitrogens with zero attached hydrogens (tertiary/aromatic N) is 2. The zero-order valence-electron chi connectivity index (χ0n) is 11.0. The number of aryl methyl sites for hydroxylation is 1. The first kappa shape index (κ1) is 15.1. The molecule has 7 heteroatoms. The second-order valence-corrected chi connectivity index (χ2v) is 6.33. The highest BCUT2D eigenvalue weighted by molar-refractivity contribution is 7.89. The van der Waals surface area contributed by atoms with E-state index in [-0.39, 0.29) is 11.6 Å². The lowest BCUT2D eigenvalue weighted by Gasteiger charge is -2.17. The largest absolute Gasteiger partial charge is 0.395 e. The molecule has 0 aliphatic carbocycles. The summed E-state index contributed by atoms with van der Waals surface area (Å²) in [5.74, 6) is 0.304. The summed E-state index contributed by atoms with van der Waals surface area (Å²) in [5, 5.41) is 9.18. The topological polar surface area (TPSA) is 84.2 Å². The second-order valence-electron chi connectivity index (χ2n) is 4.67. The average molecular weight is 275 g/mol. The van der Waals surface area contributed by atoms with Gasteiger partial charge in [-0.2, -0.15) is 0 Å². The molecule has 0 saturated heterocycles. The number of aliphatic hydroxyl groups excluding tert-OH is 1. The minimum absolute atomic E-state index is 0.00782. The summed E-state index contributed by atoms with van der Waals surface area (Å²) in [6.07, 6.45) is 3.54. The van der Waals surface area contributed by atoms with Crippen LogP contribution in [0.3, 0.4) is 0 Å². The molecule has 0 amide bonds.